The fourth-order valence-electron chi connectivity index (χ4n) is 1.82. The summed E-state index contributed by atoms with van der Waals surface area (Å²) in [5.41, 5.74) is -0.615. The molecule has 0 spiro atoms. The zero-order chi connectivity index (χ0) is 13.2. The summed E-state index contributed by atoms with van der Waals surface area (Å²) in [6, 6.07) is 0. The minimum Gasteiger partial charge on any atom is -0.443 e. The largest absolute Gasteiger partial charge is 0.443 e. The number of likely N-dealkylation sites (tertiary alicyclic amines) is 1. The molecule has 0 saturated carbocycles. The van der Waals surface area contributed by atoms with Gasteiger partial charge in [0.2, 0.25) is 5.91 Å². The number of amides is 2. The van der Waals surface area contributed by atoms with E-state index in [0.717, 1.165) is 4.90 Å². The number of ketones is 1. The number of hydrogen-bond donors (Lipinski definition) is 0. The van der Waals surface area contributed by atoms with Crippen LogP contribution in [0.5, 0.6) is 0 Å². The SMILES string of the molecule is CC(=O)CC1CC(=O)N(C(=O)OC(C)(C)C)C1. The fraction of sp³-hybridized carbons (Fsp3) is 0.750. The van der Waals surface area contributed by atoms with Crippen molar-refractivity contribution in [2.75, 3.05) is 6.54 Å². The minimum atomic E-state index is -0.617. The first-order chi connectivity index (χ1) is 7.69. The van der Waals surface area contributed by atoms with E-state index in [2.05, 4.69) is 0 Å². The van der Waals surface area contributed by atoms with E-state index in [1.54, 1.807) is 20.8 Å². The maximum absolute atomic E-state index is 11.7. The highest BCUT2D eigenvalue weighted by molar-refractivity contribution is 5.94. The molecular formula is C12H19NO4. The van der Waals surface area contributed by atoms with Crippen molar-refractivity contribution in [2.45, 2.75) is 46.1 Å². The van der Waals surface area contributed by atoms with Crippen molar-refractivity contribution in [3.05, 3.63) is 0 Å². The Balaban J connectivity index is 2.59. The van der Waals surface area contributed by atoms with Crippen LogP contribution < -0.4 is 0 Å². The highest BCUT2D eigenvalue weighted by Gasteiger charge is 2.36. The van der Waals surface area contributed by atoms with E-state index in [0.29, 0.717) is 6.42 Å². The molecule has 0 aromatic heterocycles. The van der Waals surface area contributed by atoms with E-state index >= 15 is 0 Å². The molecule has 1 aliphatic rings. The number of hydrogen-bond acceptors (Lipinski definition) is 4. The molecule has 5 heteroatoms. The second-order valence-corrected chi connectivity index (χ2v) is 5.46. The molecule has 96 valence electrons. The highest BCUT2D eigenvalue weighted by atomic mass is 16.6. The molecule has 1 saturated heterocycles. The summed E-state index contributed by atoms with van der Waals surface area (Å²) >= 11 is 0. The third-order valence-corrected chi connectivity index (χ3v) is 2.40. The van der Waals surface area contributed by atoms with Gasteiger partial charge in [-0.05, 0) is 33.6 Å². The zero-order valence-corrected chi connectivity index (χ0v) is 10.8. The smallest absolute Gasteiger partial charge is 0.417 e. The lowest BCUT2D eigenvalue weighted by Gasteiger charge is -2.23. The first-order valence-corrected chi connectivity index (χ1v) is 5.72. The number of carbonyl (C=O) groups is 3. The van der Waals surface area contributed by atoms with Crippen LogP contribution in [0, 0.1) is 5.92 Å². The summed E-state index contributed by atoms with van der Waals surface area (Å²) in [5.74, 6) is -0.285. The van der Waals surface area contributed by atoms with Gasteiger partial charge in [-0.25, -0.2) is 9.69 Å². The van der Waals surface area contributed by atoms with Crippen LogP contribution in [0.1, 0.15) is 40.5 Å². The predicted octanol–water partition coefficient (Wildman–Crippen LogP) is 1.75. The van der Waals surface area contributed by atoms with Gasteiger partial charge >= 0.3 is 6.09 Å². The average molecular weight is 241 g/mol. The molecular weight excluding hydrogens is 222 g/mol. The van der Waals surface area contributed by atoms with Crippen LogP contribution in [0.3, 0.4) is 0 Å². The second kappa shape index (κ2) is 4.85. The minimum absolute atomic E-state index is 0.0360. The number of rotatable bonds is 2. The maximum atomic E-state index is 11.7. The van der Waals surface area contributed by atoms with Crippen molar-refractivity contribution in [3.63, 3.8) is 0 Å². The quantitative estimate of drug-likeness (QED) is 0.738. The topological polar surface area (TPSA) is 63.7 Å². The summed E-state index contributed by atoms with van der Waals surface area (Å²) in [6.07, 6.45) is -0.0299. The lowest BCUT2D eigenvalue weighted by Crippen LogP contribution is -2.37. The summed E-state index contributed by atoms with van der Waals surface area (Å²) in [7, 11) is 0. The third kappa shape index (κ3) is 4.17. The van der Waals surface area contributed by atoms with Crippen LogP contribution in [-0.4, -0.2) is 34.8 Å². The molecule has 2 amide bonds. The van der Waals surface area contributed by atoms with Gasteiger partial charge < -0.3 is 9.53 Å². The Kier molecular flexibility index (Phi) is 3.91. The molecule has 0 aliphatic carbocycles. The third-order valence-electron chi connectivity index (χ3n) is 2.40. The normalized spacial score (nSPS) is 20.6. The molecule has 1 aliphatic heterocycles. The number of nitrogens with zero attached hydrogens (tertiary/aromatic N) is 1. The van der Waals surface area contributed by atoms with Crippen LogP contribution in [0.2, 0.25) is 0 Å². The van der Waals surface area contributed by atoms with Gasteiger partial charge in [0.25, 0.3) is 0 Å². The van der Waals surface area contributed by atoms with Gasteiger partial charge in [0.1, 0.15) is 11.4 Å². The zero-order valence-electron chi connectivity index (χ0n) is 10.8. The summed E-state index contributed by atoms with van der Waals surface area (Å²) in [5, 5.41) is 0. The van der Waals surface area contributed by atoms with Crippen molar-refractivity contribution in [2.24, 2.45) is 5.92 Å². The molecule has 0 N–H and O–H groups in total. The Morgan fingerprint density at radius 2 is 2.00 bits per heavy atom. The molecule has 0 aromatic carbocycles. The molecule has 1 fully saturated rings. The Labute approximate surface area is 101 Å². The molecule has 1 rings (SSSR count). The van der Waals surface area contributed by atoms with E-state index in [1.165, 1.54) is 6.92 Å². The van der Waals surface area contributed by atoms with Crippen molar-refractivity contribution >= 4 is 17.8 Å². The van der Waals surface area contributed by atoms with Gasteiger partial charge in [-0.15, -0.1) is 0 Å². The Morgan fingerprint density at radius 3 is 2.47 bits per heavy atom. The predicted molar refractivity (Wildman–Crippen MR) is 61.4 cm³/mol. The number of ether oxygens (including phenoxy) is 1. The molecule has 0 radical (unpaired) electrons. The lowest BCUT2D eigenvalue weighted by atomic mass is 10.0. The number of Topliss-reactive ketones (excluding diaryl/α,β-unsaturated/α-hetero) is 1. The monoisotopic (exact) mass is 241 g/mol. The molecule has 5 nitrogen and oxygen atoms in total. The van der Waals surface area contributed by atoms with Gasteiger partial charge in [-0.2, -0.15) is 0 Å². The molecule has 0 aromatic rings. The second-order valence-electron chi connectivity index (χ2n) is 5.46. The number of carbonyl (C=O) groups excluding carboxylic acids is 3. The number of imide groups is 1. The van der Waals surface area contributed by atoms with E-state index in [9.17, 15) is 14.4 Å². The standard InChI is InChI=1S/C12H19NO4/c1-8(14)5-9-6-10(15)13(7-9)11(16)17-12(2,3)4/h9H,5-7H2,1-4H3. The van der Waals surface area contributed by atoms with E-state index in [1.807, 2.05) is 0 Å². The summed E-state index contributed by atoms with van der Waals surface area (Å²) < 4.78 is 5.13. The highest BCUT2D eigenvalue weighted by Crippen LogP contribution is 2.23. The van der Waals surface area contributed by atoms with E-state index in [-0.39, 0.29) is 30.6 Å². The van der Waals surface area contributed by atoms with Crippen molar-refractivity contribution in [3.8, 4) is 0 Å². The van der Waals surface area contributed by atoms with Crippen molar-refractivity contribution < 1.29 is 19.1 Å². The Bertz CT molecular complexity index is 343. The Hall–Kier alpha value is -1.39. The van der Waals surface area contributed by atoms with Gasteiger partial charge in [0, 0.05) is 19.4 Å². The lowest BCUT2D eigenvalue weighted by molar-refractivity contribution is -0.127. The maximum Gasteiger partial charge on any atom is 0.417 e. The van der Waals surface area contributed by atoms with E-state index < -0.39 is 11.7 Å². The molecule has 17 heavy (non-hydrogen) atoms. The van der Waals surface area contributed by atoms with Gasteiger partial charge in [-0.1, -0.05) is 0 Å². The Morgan fingerprint density at radius 1 is 1.41 bits per heavy atom. The molecule has 0 bridgehead atoms. The van der Waals surface area contributed by atoms with Crippen LogP contribution in [-0.2, 0) is 14.3 Å². The van der Waals surface area contributed by atoms with Crippen LogP contribution in [0.25, 0.3) is 0 Å². The van der Waals surface area contributed by atoms with Crippen molar-refractivity contribution in [1.29, 1.82) is 0 Å². The van der Waals surface area contributed by atoms with Gasteiger partial charge in [0.05, 0.1) is 0 Å². The molecule has 1 unspecified atom stereocenters. The summed E-state index contributed by atoms with van der Waals surface area (Å²) in [6.45, 7) is 7.02. The van der Waals surface area contributed by atoms with Crippen LogP contribution >= 0.6 is 0 Å². The summed E-state index contributed by atoms with van der Waals surface area (Å²) in [4.78, 5) is 35.4. The molecule has 1 atom stereocenters. The van der Waals surface area contributed by atoms with Gasteiger partial charge in [0.15, 0.2) is 0 Å². The average Bonchev–Trinajstić information content (AvgIpc) is 2.42. The van der Waals surface area contributed by atoms with Crippen LogP contribution in [0.4, 0.5) is 4.79 Å². The first-order valence-electron chi connectivity index (χ1n) is 5.72. The van der Waals surface area contributed by atoms with E-state index in [4.69, 9.17) is 4.74 Å². The van der Waals surface area contributed by atoms with Crippen molar-refractivity contribution in [1.82, 2.24) is 4.90 Å². The molecule has 1 heterocycles. The van der Waals surface area contributed by atoms with Gasteiger partial charge in [-0.3, -0.25) is 4.79 Å². The van der Waals surface area contributed by atoms with Crippen LogP contribution in [0.15, 0.2) is 0 Å². The first kappa shape index (κ1) is 13.7. The fourth-order valence-corrected chi connectivity index (χ4v) is 1.82.